The first-order valence-corrected chi connectivity index (χ1v) is 26.5. The van der Waals surface area contributed by atoms with Gasteiger partial charge in [-0.1, -0.05) is 217 Å². The fourth-order valence-electron chi connectivity index (χ4n) is 11.2. The van der Waals surface area contributed by atoms with Crippen molar-refractivity contribution in [1.29, 1.82) is 0 Å². The van der Waals surface area contributed by atoms with Gasteiger partial charge in [-0.05, 0) is 110 Å². The molecule has 0 spiro atoms. The third-order valence-electron chi connectivity index (χ3n) is 15.4. The van der Waals surface area contributed by atoms with Crippen LogP contribution in [0.4, 0.5) is 0 Å². The Bertz CT molecular complexity index is 3900. The quantitative estimate of drug-likeness (QED) is 0.152. The fraction of sp³-hybridized carbons (Fsp3) is 0.141. The van der Waals surface area contributed by atoms with E-state index in [0.29, 0.717) is 17.5 Å². The Labute approximate surface area is 445 Å². The Hall–Kier alpha value is -8.93. The molecular weight excluding hydrogens is 925 g/mol. The lowest BCUT2D eigenvalue weighted by Crippen LogP contribution is -2.11. The predicted octanol–water partition coefficient (Wildman–Crippen LogP) is 18.4. The zero-order valence-corrected chi connectivity index (χ0v) is 43.8. The molecule has 11 aromatic rings. The zero-order chi connectivity index (χ0) is 51.7. The second-order valence-electron chi connectivity index (χ2n) is 22.4. The van der Waals surface area contributed by atoms with Crippen LogP contribution >= 0.6 is 0 Å². The molecule has 368 valence electrons. The summed E-state index contributed by atoms with van der Waals surface area (Å²) in [7, 11) is 0. The smallest absolute Gasteiger partial charge is 0.164 e. The van der Waals surface area contributed by atoms with Gasteiger partial charge in [0.1, 0.15) is 11.5 Å². The van der Waals surface area contributed by atoms with Crippen LogP contribution in [0, 0.1) is 0 Å². The molecule has 2 aromatic heterocycles. The molecule has 2 aliphatic rings. The molecule has 1 aliphatic heterocycles. The summed E-state index contributed by atoms with van der Waals surface area (Å²) in [5.74, 6) is 3.81. The van der Waals surface area contributed by atoms with Crippen molar-refractivity contribution in [2.75, 3.05) is 0 Å². The van der Waals surface area contributed by atoms with Gasteiger partial charge in [-0.25, -0.2) is 15.0 Å². The second kappa shape index (κ2) is 18.5. The molecule has 5 nitrogen and oxygen atoms in total. The van der Waals surface area contributed by atoms with Gasteiger partial charge < -0.3 is 9.30 Å². The van der Waals surface area contributed by atoms with Crippen LogP contribution in [0.15, 0.2) is 230 Å². The summed E-state index contributed by atoms with van der Waals surface area (Å²) in [6, 6.07) is 77.0. The number of fused-ring (bicyclic) bond motifs is 6. The van der Waals surface area contributed by atoms with Gasteiger partial charge in [-0.3, -0.25) is 0 Å². The Morgan fingerprint density at radius 3 is 1.38 bits per heavy atom. The lowest BCUT2D eigenvalue weighted by atomic mass is 9.84. The number of nitrogens with zero attached hydrogens (tertiary/aromatic N) is 4. The number of hydrogen-bond donors (Lipinski definition) is 0. The molecular formula is C71H58N4O. The number of rotatable bonds is 8. The Morgan fingerprint density at radius 1 is 0.421 bits per heavy atom. The molecule has 1 atom stereocenters. The SMILES string of the molecule is CC(C)(C)c1ccc(-c2cc(-c3nc(C4=CCC5C(=C4)Oc4ccccc45)nc(-c4ccccc4)n3)cc(-c3ccc(C(C)(C)C)cc3)c2-n2c3ccc(-c4ccccc4)cc3c3cc(-c4ccccc4)ccc32)cc1. The van der Waals surface area contributed by atoms with E-state index in [9.17, 15) is 0 Å². The lowest BCUT2D eigenvalue weighted by molar-refractivity contribution is 0.426. The van der Waals surface area contributed by atoms with Gasteiger partial charge in [-0.15, -0.1) is 0 Å². The first kappa shape index (κ1) is 46.8. The van der Waals surface area contributed by atoms with Gasteiger partial charge in [0, 0.05) is 50.1 Å². The van der Waals surface area contributed by atoms with Crippen LogP contribution in [-0.2, 0) is 10.8 Å². The average molecular weight is 983 g/mol. The van der Waals surface area contributed by atoms with Gasteiger partial charge >= 0.3 is 0 Å². The topological polar surface area (TPSA) is 52.8 Å². The summed E-state index contributed by atoms with van der Waals surface area (Å²) in [4.78, 5) is 16.1. The van der Waals surface area contributed by atoms with Crippen molar-refractivity contribution >= 4 is 27.4 Å². The first-order chi connectivity index (χ1) is 36.9. The maximum absolute atomic E-state index is 6.49. The van der Waals surface area contributed by atoms with Crippen LogP contribution in [0.1, 0.15) is 76.4 Å². The minimum atomic E-state index is -0.0342. The monoisotopic (exact) mass is 982 g/mol. The molecule has 0 fully saturated rings. The molecule has 13 rings (SSSR count). The summed E-state index contributed by atoms with van der Waals surface area (Å²) in [5.41, 5.74) is 18.8. The third-order valence-corrected chi connectivity index (χ3v) is 15.4. The minimum Gasteiger partial charge on any atom is -0.461 e. The van der Waals surface area contributed by atoms with E-state index in [4.69, 9.17) is 19.7 Å². The number of ether oxygens (including phenoxy) is 1. The van der Waals surface area contributed by atoms with Crippen molar-refractivity contribution in [2.45, 2.75) is 64.7 Å². The molecule has 0 saturated carbocycles. The van der Waals surface area contributed by atoms with E-state index >= 15 is 0 Å². The number of aromatic nitrogens is 4. The van der Waals surface area contributed by atoms with Crippen LogP contribution in [0.25, 0.3) is 100 Å². The number of benzene rings is 9. The first-order valence-electron chi connectivity index (χ1n) is 26.5. The molecule has 1 aliphatic carbocycles. The van der Waals surface area contributed by atoms with Crippen molar-refractivity contribution in [2.24, 2.45) is 0 Å². The van der Waals surface area contributed by atoms with E-state index in [1.807, 2.05) is 24.3 Å². The fourth-order valence-corrected chi connectivity index (χ4v) is 11.2. The van der Waals surface area contributed by atoms with Gasteiger partial charge in [-0.2, -0.15) is 0 Å². The predicted molar refractivity (Wildman–Crippen MR) is 315 cm³/mol. The standard InChI is InChI=1S/C71H58N4O/c1-70(2,3)54-33-26-47(27-34-54)58-42-53(69-73-67(49-22-14-9-15-23-49)72-68(74-69)52-30-37-57-56-24-16-17-25-64(56)76-65(57)44-52)43-59(48-28-35-55(36-29-48)71(4,5)6)66(58)75-62-38-31-50(45-18-10-7-11-19-45)40-60(62)61-41-51(32-39-63(61)75)46-20-12-8-13-21-46/h7-36,38-44,57H,37H2,1-6H3. The third kappa shape index (κ3) is 8.52. The minimum absolute atomic E-state index is 0.0342. The molecule has 5 heteroatoms. The van der Waals surface area contributed by atoms with Gasteiger partial charge in [0.25, 0.3) is 0 Å². The van der Waals surface area contributed by atoms with Crippen molar-refractivity contribution in [1.82, 2.24) is 19.5 Å². The van der Waals surface area contributed by atoms with Crippen molar-refractivity contribution in [3.05, 3.63) is 253 Å². The maximum atomic E-state index is 6.49. The van der Waals surface area contributed by atoms with Crippen LogP contribution in [0.3, 0.4) is 0 Å². The van der Waals surface area contributed by atoms with E-state index in [1.165, 1.54) is 49.7 Å². The van der Waals surface area contributed by atoms with Gasteiger partial charge in [0.05, 0.1) is 16.7 Å². The van der Waals surface area contributed by atoms with Crippen molar-refractivity contribution < 1.29 is 4.74 Å². The largest absolute Gasteiger partial charge is 0.461 e. The molecule has 9 aromatic carbocycles. The second-order valence-corrected chi connectivity index (χ2v) is 22.4. The van der Waals surface area contributed by atoms with Crippen molar-refractivity contribution in [3.63, 3.8) is 0 Å². The Morgan fingerprint density at radius 2 is 0.868 bits per heavy atom. The summed E-state index contributed by atoms with van der Waals surface area (Å²) >= 11 is 0. The molecule has 0 N–H and O–H groups in total. The van der Waals surface area contributed by atoms with Crippen LogP contribution < -0.4 is 4.74 Å². The Kier molecular flexibility index (Phi) is 11.4. The highest BCUT2D eigenvalue weighted by Gasteiger charge is 2.32. The molecule has 0 radical (unpaired) electrons. The zero-order valence-electron chi connectivity index (χ0n) is 43.8. The number of para-hydroxylation sites is 1. The highest BCUT2D eigenvalue weighted by Crippen LogP contribution is 2.48. The van der Waals surface area contributed by atoms with Crippen LogP contribution in [0.2, 0.25) is 0 Å². The Balaban J connectivity index is 1.10. The summed E-state index contributed by atoms with van der Waals surface area (Å²) in [5, 5.41) is 2.37. The summed E-state index contributed by atoms with van der Waals surface area (Å²) in [6.45, 7) is 13.6. The van der Waals surface area contributed by atoms with Gasteiger partial charge in [0.2, 0.25) is 0 Å². The van der Waals surface area contributed by atoms with Crippen molar-refractivity contribution in [3.8, 4) is 78.7 Å². The van der Waals surface area contributed by atoms with Gasteiger partial charge in [0.15, 0.2) is 17.5 Å². The van der Waals surface area contributed by atoms with Crippen LogP contribution in [0.5, 0.6) is 5.75 Å². The van der Waals surface area contributed by atoms with E-state index < -0.39 is 0 Å². The average Bonchev–Trinajstić information content (AvgIpc) is 4.00. The number of allylic oxidation sites excluding steroid dienone is 4. The highest BCUT2D eigenvalue weighted by molar-refractivity contribution is 6.13. The summed E-state index contributed by atoms with van der Waals surface area (Å²) in [6.07, 6.45) is 5.18. The van der Waals surface area contributed by atoms with E-state index in [-0.39, 0.29) is 16.7 Å². The van der Waals surface area contributed by atoms with E-state index in [1.54, 1.807) is 0 Å². The molecule has 0 saturated heterocycles. The highest BCUT2D eigenvalue weighted by atomic mass is 16.5. The molecule has 3 heterocycles. The molecule has 0 bridgehead atoms. The molecule has 0 amide bonds. The number of hydrogen-bond acceptors (Lipinski definition) is 4. The normalized spacial score (nSPS) is 14.3. The van der Waals surface area contributed by atoms with E-state index in [2.05, 4.69) is 246 Å². The summed E-state index contributed by atoms with van der Waals surface area (Å²) < 4.78 is 9.01. The van der Waals surface area contributed by atoms with E-state index in [0.717, 1.165) is 73.6 Å². The van der Waals surface area contributed by atoms with Crippen LogP contribution in [-0.4, -0.2) is 19.5 Å². The molecule has 76 heavy (non-hydrogen) atoms. The lowest BCUT2D eigenvalue weighted by Gasteiger charge is -2.23. The maximum Gasteiger partial charge on any atom is 0.164 e. The molecule has 1 unspecified atom stereocenters.